The van der Waals surface area contributed by atoms with Crippen LogP contribution in [0, 0.1) is 0 Å². The first kappa shape index (κ1) is 15.0. The van der Waals surface area contributed by atoms with Gasteiger partial charge in [0.1, 0.15) is 11.6 Å². The summed E-state index contributed by atoms with van der Waals surface area (Å²) in [5.74, 6) is 1.76. The van der Waals surface area contributed by atoms with Crippen molar-refractivity contribution in [2.24, 2.45) is 0 Å². The van der Waals surface area contributed by atoms with Gasteiger partial charge < -0.3 is 14.2 Å². The van der Waals surface area contributed by atoms with Crippen molar-refractivity contribution in [3.05, 3.63) is 70.4 Å². The van der Waals surface area contributed by atoms with Crippen molar-refractivity contribution in [3.63, 3.8) is 0 Å². The van der Waals surface area contributed by atoms with Gasteiger partial charge in [0, 0.05) is 18.9 Å². The molecule has 1 aromatic carbocycles. The van der Waals surface area contributed by atoms with Crippen LogP contribution in [-0.2, 0) is 13.1 Å². The molecule has 0 aliphatic carbocycles. The molecule has 0 spiro atoms. The van der Waals surface area contributed by atoms with Crippen LogP contribution in [0.4, 0.5) is 0 Å². The molecule has 1 aliphatic rings. The minimum atomic E-state index is -0.0450. The predicted octanol–water partition coefficient (Wildman–Crippen LogP) is 3.35. The molecule has 122 valence electrons. The number of carbonyl (C=O) groups is 1. The summed E-state index contributed by atoms with van der Waals surface area (Å²) in [5.41, 5.74) is 1.07. The summed E-state index contributed by atoms with van der Waals surface area (Å²) in [6.45, 7) is 1.20. The highest BCUT2D eigenvalue weighted by Gasteiger charge is 2.32. The van der Waals surface area contributed by atoms with E-state index < -0.39 is 0 Å². The number of rotatable bonds is 3. The summed E-state index contributed by atoms with van der Waals surface area (Å²) >= 11 is 1.47. The molecule has 6 heteroatoms. The Morgan fingerprint density at radius 3 is 3.04 bits per heavy atom. The third-order valence-corrected chi connectivity index (χ3v) is 5.19. The number of fused-ring (bicyclic) bond motifs is 1. The molecule has 0 N–H and O–H groups in total. The number of methoxy groups -OCH3 is 1. The molecule has 1 amide bonds. The van der Waals surface area contributed by atoms with Crippen LogP contribution in [-0.4, -0.2) is 27.5 Å². The molecule has 3 heterocycles. The smallest absolute Gasteiger partial charge is 0.264 e. The first-order valence-corrected chi connectivity index (χ1v) is 8.62. The molecule has 0 unspecified atom stereocenters. The number of hydrogen-bond acceptors (Lipinski definition) is 4. The van der Waals surface area contributed by atoms with Crippen molar-refractivity contribution >= 4 is 17.2 Å². The van der Waals surface area contributed by atoms with Gasteiger partial charge in [0.2, 0.25) is 0 Å². The Kier molecular flexibility index (Phi) is 3.82. The van der Waals surface area contributed by atoms with Crippen LogP contribution >= 0.6 is 11.3 Å². The quantitative estimate of drug-likeness (QED) is 0.735. The number of imidazole rings is 1. The first-order valence-electron chi connectivity index (χ1n) is 7.74. The lowest BCUT2D eigenvalue weighted by Gasteiger charge is -2.36. The van der Waals surface area contributed by atoms with E-state index in [-0.39, 0.29) is 11.9 Å². The lowest BCUT2D eigenvalue weighted by atomic mass is 10.0. The molecule has 1 aliphatic heterocycles. The fourth-order valence-electron chi connectivity index (χ4n) is 3.09. The highest BCUT2D eigenvalue weighted by molar-refractivity contribution is 7.12. The maximum absolute atomic E-state index is 13.0. The highest BCUT2D eigenvalue weighted by Crippen LogP contribution is 2.32. The van der Waals surface area contributed by atoms with E-state index in [2.05, 4.69) is 9.55 Å². The second-order valence-corrected chi connectivity index (χ2v) is 6.65. The Hall–Kier alpha value is -2.60. The third kappa shape index (κ3) is 2.59. The fraction of sp³-hybridized carbons (Fsp3) is 0.222. The number of amides is 1. The maximum Gasteiger partial charge on any atom is 0.264 e. The molecule has 0 saturated carbocycles. The predicted molar refractivity (Wildman–Crippen MR) is 92.2 cm³/mol. The lowest BCUT2D eigenvalue weighted by Crippen LogP contribution is -2.40. The van der Waals surface area contributed by atoms with Crippen LogP contribution in [0.25, 0.3) is 0 Å². The Labute approximate surface area is 144 Å². The number of ether oxygens (including phenoxy) is 1. The summed E-state index contributed by atoms with van der Waals surface area (Å²) in [5, 5.41) is 1.93. The van der Waals surface area contributed by atoms with Crippen LogP contribution in [0.5, 0.6) is 5.75 Å². The number of aromatic nitrogens is 2. The van der Waals surface area contributed by atoms with Crippen LogP contribution in [0.1, 0.15) is 27.1 Å². The molecular weight excluding hydrogens is 322 g/mol. The number of thiophene rings is 1. The van der Waals surface area contributed by atoms with E-state index in [1.54, 1.807) is 13.3 Å². The summed E-state index contributed by atoms with van der Waals surface area (Å²) in [7, 11) is 1.66. The molecule has 2 aromatic heterocycles. The Morgan fingerprint density at radius 1 is 1.33 bits per heavy atom. The molecule has 24 heavy (non-hydrogen) atoms. The van der Waals surface area contributed by atoms with Gasteiger partial charge in [0.05, 0.1) is 24.6 Å². The van der Waals surface area contributed by atoms with Gasteiger partial charge in [-0.15, -0.1) is 11.3 Å². The highest BCUT2D eigenvalue weighted by atomic mass is 32.1. The topological polar surface area (TPSA) is 47.4 Å². The number of benzene rings is 1. The molecule has 5 nitrogen and oxygen atoms in total. The molecule has 0 fully saturated rings. The van der Waals surface area contributed by atoms with Gasteiger partial charge in [0.25, 0.3) is 5.91 Å². The van der Waals surface area contributed by atoms with Crippen molar-refractivity contribution in [1.82, 2.24) is 14.5 Å². The molecule has 0 bridgehead atoms. The van der Waals surface area contributed by atoms with E-state index in [9.17, 15) is 4.79 Å². The van der Waals surface area contributed by atoms with E-state index in [1.165, 1.54) is 11.3 Å². The Balaban J connectivity index is 1.74. The molecular formula is C18H17N3O2S. The van der Waals surface area contributed by atoms with Gasteiger partial charge in [-0.3, -0.25) is 4.79 Å². The van der Waals surface area contributed by atoms with E-state index in [4.69, 9.17) is 4.74 Å². The van der Waals surface area contributed by atoms with Crippen molar-refractivity contribution in [2.45, 2.75) is 19.1 Å². The van der Waals surface area contributed by atoms with Crippen molar-refractivity contribution in [2.75, 3.05) is 7.11 Å². The fourth-order valence-corrected chi connectivity index (χ4v) is 3.77. The molecule has 1 atom stereocenters. The summed E-state index contributed by atoms with van der Waals surface area (Å²) in [4.78, 5) is 20.0. The average molecular weight is 339 g/mol. The monoisotopic (exact) mass is 339 g/mol. The van der Waals surface area contributed by atoms with Crippen LogP contribution in [0.3, 0.4) is 0 Å². The van der Waals surface area contributed by atoms with E-state index >= 15 is 0 Å². The normalized spacial score (nSPS) is 16.7. The van der Waals surface area contributed by atoms with Crippen molar-refractivity contribution in [1.29, 1.82) is 0 Å². The van der Waals surface area contributed by atoms with Crippen LogP contribution < -0.4 is 4.74 Å². The van der Waals surface area contributed by atoms with Crippen LogP contribution in [0.15, 0.2) is 54.2 Å². The minimum absolute atomic E-state index is 0.0450. The van der Waals surface area contributed by atoms with Gasteiger partial charge in [-0.1, -0.05) is 18.2 Å². The second-order valence-electron chi connectivity index (χ2n) is 5.70. The molecule has 3 aromatic rings. The van der Waals surface area contributed by atoms with Gasteiger partial charge in [-0.05, 0) is 29.1 Å². The van der Waals surface area contributed by atoms with Crippen molar-refractivity contribution < 1.29 is 9.53 Å². The van der Waals surface area contributed by atoms with Gasteiger partial charge >= 0.3 is 0 Å². The zero-order valence-electron chi connectivity index (χ0n) is 13.3. The zero-order valence-corrected chi connectivity index (χ0v) is 14.1. The van der Waals surface area contributed by atoms with Gasteiger partial charge in [0.15, 0.2) is 0 Å². The summed E-state index contributed by atoms with van der Waals surface area (Å²) in [6, 6.07) is 11.7. The van der Waals surface area contributed by atoms with E-state index in [0.29, 0.717) is 13.1 Å². The number of hydrogen-bond donors (Lipinski definition) is 0. The van der Waals surface area contributed by atoms with Gasteiger partial charge in [-0.25, -0.2) is 4.98 Å². The van der Waals surface area contributed by atoms with Gasteiger partial charge in [-0.2, -0.15) is 0 Å². The standard InChI is InChI=1S/C18H17N3O2S/c1-23-14-5-2-4-13(10-14)15-11-20-8-7-19-17(20)12-21(15)18(22)16-6-3-9-24-16/h2-10,15H,11-12H2,1H3/t15-/m0/s1. The molecule has 0 radical (unpaired) electrons. The first-order chi connectivity index (χ1) is 11.8. The largest absolute Gasteiger partial charge is 0.497 e. The second kappa shape index (κ2) is 6.13. The van der Waals surface area contributed by atoms with E-state index in [0.717, 1.165) is 22.0 Å². The summed E-state index contributed by atoms with van der Waals surface area (Å²) < 4.78 is 7.46. The molecule has 0 saturated heterocycles. The average Bonchev–Trinajstić information content (AvgIpc) is 3.31. The lowest BCUT2D eigenvalue weighted by molar-refractivity contribution is 0.0589. The maximum atomic E-state index is 13.0. The SMILES string of the molecule is COc1cccc([C@@H]2Cn3ccnc3CN2C(=O)c2cccs2)c1. The zero-order chi connectivity index (χ0) is 16.5. The molecule has 4 rings (SSSR count). The van der Waals surface area contributed by atoms with E-state index in [1.807, 2.05) is 52.9 Å². The van der Waals surface area contributed by atoms with Crippen molar-refractivity contribution in [3.8, 4) is 5.75 Å². The van der Waals surface area contributed by atoms with Crippen LogP contribution in [0.2, 0.25) is 0 Å². The number of carbonyl (C=O) groups excluding carboxylic acids is 1. The third-order valence-electron chi connectivity index (χ3n) is 4.33. The minimum Gasteiger partial charge on any atom is -0.497 e. The number of nitrogens with zero attached hydrogens (tertiary/aromatic N) is 3. The Bertz CT molecular complexity index is 857. The summed E-state index contributed by atoms with van der Waals surface area (Å²) in [6.07, 6.45) is 3.76. The Morgan fingerprint density at radius 2 is 2.25 bits per heavy atom.